The number of nitrogens with zero attached hydrogens (tertiary/aromatic N) is 1. The minimum absolute atomic E-state index is 0.178. The van der Waals surface area contributed by atoms with E-state index < -0.39 is 10.1 Å². The van der Waals surface area contributed by atoms with Crippen molar-refractivity contribution in [3.63, 3.8) is 0 Å². The molecule has 0 N–H and O–H groups in total. The third-order valence-corrected chi connectivity index (χ3v) is 6.40. The Balaban J connectivity index is 0.000000567. The van der Waals surface area contributed by atoms with Crippen molar-refractivity contribution in [2.75, 3.05) is 32.0 Å². The van der Waals surface area contributed by atoms with E-state index in [4.69, 9.17) is 0 Å². The van der Waals surface area contributed by atoms with E-state index in [0.29, 0.717) is 0 Å². The van der Waals surface area contributed by atoms with E-state index in [1.165, 1.54) is 87.6 Å². The van der Waals surface area contributed by atoms with E-state index in [0.717, 1.165) is 10.9 Å². The van der Waals surface area contributed by atoms with Crippen LogP contribution in [0.15, 0.2) is 29.2 Å². The Kier molecular flexibility index (Phi) is 15.2. The van der Waals surface area contributed by atoms with E-state index in [2.05, 4.69) is 36.8 Å². The van der Waals surface area contributed by atoms with Crippen molar-refractivity contribution in [3.05, 3.63) is 29.8 Å². The Morgan fingerprint density at radius 3 is 1.79 bits per heavy atom. The molecular formula is C22H40BrNO3S. The van der Waals surface area contributed by atoms with Gasteiger partial charge in [0.1, 0.15) is 10.1 Å². The van der Waals surface area contributed by atoms with Crippen LogP contribution in [-0.2, 0) is 10.1 Å². The molecule has 0 saturated carbocycles. The molecule has 0 aliphatic rings. The Bertz CT molecular complexity index is 605. The minimum Gasteiger partial charge on any atom is -0.744 e. The molecular weight excluding hydrogens is 438 g/mol. The number of aryl methyl sites for hydroxylation is 1. The number of alkyl halides is 1. The first-order valence-corrected chi connectivity index (χ1v) is 13.1. The molecule has 0 aromatic heterocycles. The molecule has 1 unspecified atom stereocenters. The summed E-state index contributed by atoms with van der Waals surface area (Å²) in [5, 5.41) is 1.16. The van der Waals surface area contributed by atoms with Gasteiger partial charge in [0.25, 0.3) is 0 Å². The van der Waals surface area contributed by atoms with Crippen LogP contribution in [0.2, 0.25) is 0 Å². The fraction of sp³-hybridized carbons (Fsp3) is 0.727. The molecule has 1 atom stereocenters. The number of rotatable bonds is 13. The summed E-state index contributed by atoms with van der Waals surface area (Å²) in [6.45, 7) is 10.5. The Morgan fingerprint density at radius 2 is 1.32 bits per heavy atom. The zero-order chi connectivity index (χ0) is 21.5. The smallest absolute Gasteiger partial charge is 0.124 e. The first kappa shape index (κ1) is 27.6. The SMILES string of the molecule is CCCCCC[N+](C)(CCCBr)CCCCC.Cc1ccc(S(=O)(=O)[O-])cc1. The molecule has 164 valence electrons. The van der Waals surface area contributed by atoms with Crippen molar-refractivity contribution in [2.45, 2.75) is 77.0 Å². The first-order valence-electron chi connectivity index (χ1n) is 10.6. The molecule has 0 bridgehead atoms. The van der Waals surface area contributed by atoms with Crippen LogP contribution < -0.4 is 0 Å². The van der Waals surface area contributed by atoms with Crippen molar-refractivity contribution < 1.29 is 17.5 Å². The average molecular weight is 479 g/mol. The van der Waals surface area contributed by atoms with Crippen LogP contribution in [0.3, 0.4) is 0 Å². The van der Waals surface area contributed by atoms with Gasteiger partial charge in [0.05, 0.1) is 31.6 Å². The van der Waals surface area contributed by atoms with Crippen molar-refractivity contribution in [3.8, 4) is 0 Å². The van der Waals surface area contributed by atoms with Gasteiger partial charge in [0, 0.05) is 11.8 Å². The number of hydrogen-bond donors (Lipinski definition) is 0. The highest BCUT2D eigenvalue weighted by Crippen LogP contribution is 2.13. The number of hydrogen-bond acceptors (Lipinski definition) is 3. The Hall–Kier alpha value is -0.430. The molecule has 0 radical (unpaired) electrons. The molecule has 4 nitrogen and oxygen atoms in total. The quantitative estimate of drug-likeness (QED) is 0.154. The van der Waals surface area contributed by atoms with Gasteiger partial charge in [0.2, 0.25) is 0 Å². The molecule has 0 saturated heterocycles. The molecule has 0 amide bonds. The molecule has 1 aromatic rings. The van der Waals surface area contributed by atoms with Crippen LogP contribution in [0.1, 0.15) is 70.8 Å². The molecule has 28 heavy (non-hydrogen) atoms. The van der Waals surface area contributed by atoms with Gasteiger partial charge in [-0.1, -0.05) is 66.7 Å². The largest absolute Gasteiger partial charge is 0.744 e. The van der Waals surface area contributed by atoms with E-state index in [1.54, 1.807) is 12.1 Å². The maximum absolute atomic E-state index is 10.4. The van der Waals surface area contributed by atoms with Gasteiger partial charge in [-0.2, -0.15) is 0 Å². The molecule has 0 aliphatic heterocycles. The summed E-state index contributed by atoms with van der Waals surface area (Å²) >= 11 is 3.57. The molecule has 0 fully saturated rings. The molecule has 1 aromatic carbocycles. The zero-order valence-corrected chi connectivity index (χ0v) is 20.7. The van der Waals surface area contributed by atoms with E-state index in [-0.39, 0.29) is 4.90 Å². The average Bonchev–Trinajstić information content (AvgIpc) is 2.64. The van der Waals surface area contributed by atoms with Crippen molar-refractivity contribution in [2.24, 2.45) is 0 Å². The molecule has 0 heterocycles. The van der Waals surface area contributed by atoms with Gasteiger partial charge in [-0.3, -0.25) is 0 Å². The van der Waals surface area contributed by atoms with E-state index >= 15 is 0 Å². The maximum atomic E-state index is 10.4. The van der Waals surface area contributed by atoms with Gasteiger partial charge < -0.3 is 9.04 Å². The van der Waals surface area contributed by atoms with E-state index in [9.17, 15) is 13.0 Å². The highest BCUT2D eigenvalue weighted by Gasteiger charge is 2.19. The second-order valence-corrected chi connectivity index (χ2v) is 10.0. The first-order chi connectivity index (χ1) is 13.2. The topological polar surface area (TPSA) is 57.2 Å². The fourth-order valence-corrected chi connectivity index (χ4v) is 3.87. The monoisotopic (exact) mass is 477 g/mol. The number of halogens is 1. The second-order valence-electron chi connectivity index (χ2n) is 7.87. The number of unbranched alkanes of at least 4 members (excludes halogenated alkanes) is 5. The summed E-state index contributed by atoms with van der Waals surface area (Å²) < 4.78 is 32.5. The van der Waals surface area contributed by atoms with Crippen molar-refractivity contribution in [1.29, 1.82) is 0 Å². The normalized spacial score (nSPS) is 13.5. The van der Waals surface area contributed by atoms with E-state index in [1.807, 2.05) is 6.92 Å². The third-order valence-electron chi connectivity index (χ3n) is 4.99. The highest BCUT2D eigenvalue weighted by molar-refractivity contribution is 9.09. The number of quaternary nitrogens is 1. The molecule has 1 rings (SSSR count). The summed E-state index contributed by atoms with van der Waals surface area (Å²) in [4.78, 5) is -0.178. The predicted molar refractivity (Wildman–Crippen MR) is 122 cm³/mol. The van der Waals surface area contributed by atoms with Gasteiger partial charge in [-0.05, 0) is 44.7 Å². The summed E-state index contributed by atoms with van der Waals surface area (Å²) in [5.74, 6) is 0. The molecule has 6 heteroatoms. The summed E-state index contributed by atoms with van der Waals surface area (Å²) in [7, 11) is -1.81. The lowest BCUT2D eigenvalue weighted by atomic mass is 10.1. The lowest BCUT2D eigenvalue weighted by Crippen LogP contribution is -2.46. The number of benzene rings is 1. The van der Waals surface area contributed by atoms with Crippen LogP contribution in [-0.4, -0.2) is 49.5 Å². The summed E-state index contributed by atoms with van der Waals surface area (Å²) in [6, 6.07) is 5.78. The zero-order valence-electron chi connectivity index (χ0n) is 18.3. The van der Waals surface area contributed by atoms with Gasteiger partial charge >= 0.3 is 0 Å². The minimum atomic E-state index is -4.27. The Labute approximate surface area is 182 Å². The third kappa shape index (κ3) is 13.7. The molecule has 0 spiro atoms. The molecule has 0 aliphatic carbocycles. The fourth-order valence-electron chi connectivity index (χ4n) is 3.15. The van der Waals surface area contributed by atoms with Gasteiger partial charge in [0.15, 0.2) is 0 Å². The van der Waals surface area contributed by atoms with Crippen LogP contribution in [0.5, 0.6) is 0 Å². The standard InChI is InChI=1S/C15H33BrN.C7H8O3S/c1-4-6-8-10-14-17(3,15-11-12-16)13-9-7-5-2;1-6-2-4-7(5-3-6)11(8,9)10/h4-15H2,1-3H3;2-5H,1H3,(H,8,9,10)/q+1;/p-1. The van der Waals surface area contributed by atoms with Gasteiger partial charge in [-0.15, -0.1) is 0 Å². The predicted octanol–water partition coefficient (Wildman–Crippen LogP) is 5.89. The van der Waals surface area contributed by atoms with Crippen LogP contribution in [0, 0.1) is 6.92 Å². The second kappa shape index (κ2) is 15.4. The maximum Gasteiger partial charge on any atom is 0.124 e. The Morgan fingerprint density at radius 1 is 0.857 bits per heavy atom. The summed E-state index contributed by atoms with van der Waals surface area (Å²) in [6.07, 6.45) is 11.1. The van der Waals surface area contributed by atoms with Crippen molar-refractivity contribution >= 4 is 26.0 Å². The van der Waals surface area contributed by atoms with Gasteiger partial charge in [-0.25, -0.2) is 8.42 Å². The van der Waals surface area contributed by atoms with Crippen LogP contribution in [0.25, 0.3) is 0 Å². The van der Waals surface area contributed by atoms with Crippen molar-refractivity contribution in [1.82, 2.24) is 0 Å². The highest BCUT2D eigenvalue weighted by atomic mass is 79.9. The van der Waals surface area contributed by atoms with Crippen LogP contribution in [0.4, 0.5) is 0 Å². The lowest BCUT2D eigenvalue weighted by molar-refractivity contribution is -0.910. The summed E-state index contributed by atoms with van der Waals surface area (Å²) in [5.41, 5.74) is 0.928. The lowest BCUT2D eigenvalue weighted by Gasteiger charge is -2.35. The van der Waals surface area contributed by atoms with Crippen LogP contribution >= 0.6 is 15.9 Å².